The van der Waals surface area contributed by atoms with Crippen LogP contribution in [0.5, 0.6) is 0 Å². The van der Waals surface area contributed by atoms with Crippen molar-refractivity contribution in [2.45, 2.75) is 33.0 Å². The van der Waals surface area contributed by atoms with Crippen molar-refractivity contribution < 1.29 is 17.9 Å². The number of hydrogen-bond acceptors (Lipinski definition) is 4. The van der Waals surface area contributed by atoms with Crippen molar-refractivity contribution in [2.75, 3.05) is 13.2 Å². The summed E-state index contributed by atoms with van der Waals surface area (Å²) in [5.41, 5.74) is 16.1. The van der Waals surface area contributed by atoms with Crippen LogP contribution in [0.4, 0.5) is 13.2 Å². The third kappa shape index (κ3) is 4.76. The quantitative estimate of drug-likeness (QED) is 0.513. The molecule has 0 saturated heterocycles. The SMILES string of the molecule is C/C(N)=C1\NC=C(C2=CCOCC2)C=C1C(N)=NCc1cccc(C(F)(F)F)c1C. The van der Waals surface area contributed by atoms with E-state index < -0.39 is 11.7 Å². The van der Waals surface area contributed by atoms with E-state index >= 15 is 0 Å². The zero-order valence-corrected chi connectivity index (χ0v) is 16.9. The predicted octanol–water partition coefficient (Wildman–Crippen LogP) is 3.82. The molecule has 0 aromatic heterocycles. The Balaban J connectivity index is 1.91. The molecule has 2 aliphatic rings. The molecule has 1 aromatic carbocycles. The van der Waals surface area contributed by atoms with Crippen LogP contribution in [0.15, 0.2) is 69.7 Å². The lowest BCUT2D eigenvalue weighted by molar-refractivity contribution is -0.138. The minimum absolute atomic E-state index is 0.0331. The third-order valence-corrected chi connectivity index (χ3v) is 5.12. The van der Waals surface area contributed by atoms with E-state index in [1.165, 1.54) is 13.0 Å². The highest BCUT2D eigenvalue weighted by molar-refractivity contribution is 6.02. The maximum Gasteiger partial charge on any atom is 0.416 e. The molecular formula is C22H25F3N4O. The molecule has 0 unspecified atom stereocenters. The molecule has 0 fully saturated rings. The molecule has 3 rings (SSSR count). The van der Waals surface area contributed by atoms with E-state index in [1.54, 1.807) is 13.0 Å². The zero-order valence-electron chi connectivity index (χ0n) is 16.9. The van der Waals surface area contributed by atoms with Gasteiger partial charge in [0.05, 0.1) is 31.0 Å². The van der Waals surface area contributed by atoms with Gasteiger partial charge in [-0.2, -0.15) is 13.2 Å². The summed E-state index contributed by atoms with van der Waals surface area (Å²) in [7, 11) is 0. The Bertz CT molecular complexity index is 981. The average Bonchev–Trinajstić information content (AvgIpc) is 2.72. The highest BCUT2D eigenvalue weighted by Crippen LogP contribution is 2.33. The number of aliphatic imine (C=N–C) groups is 1. The summed E-state index contributed by atoms with van der Waals surface area (Å²) in [5.74, 6) is 0.206. The second-order valence-corrected chi connectivity index (χ2v) is 7.20. The predicted molar refractivity (Wildman–Crippen MR) is 111 cm³/mol. The minimum atomic E-state index is -4.41. The molecule has 8 heteroatoms. The van der Waals surface area contributed by atoms with E-state index in [2.05, 4.69) is 10.3 Å². The smallest absolute Gasteiger partial charge is 0.401 e. The molecule has 30 heavy (non-hydrogen) atoms. The Kier molecular flexibility index (Phi) is 6.36. The first-order valence-corrected chi connectivity index (χ1v) is 9.56. The number of ether oxygens (including phenoxy) is 1. The number of nitrogens with one attached hydrogen (secondary N) is 1. The van der Waals surface area contributed by atoms with E-state index in [9.17, 15) is 13.2 Å². The van der Waals surface area contributed by atoms with Gasteiger partial charge < -0.3 is 21.5 Å². The maximum absolute atomic E-state index is 13.2. The lowest BCUT2D eigenvalue weighted by Gasteiger charge is -2.23. The Labute approximate surface area is 173 Å². The lowest BCUT2D eigenvalue weighted by Crippen LogP contribution is -2.27. The number of alkyl halides is 3. The van der Waals surface area contributed by atoms with Gasteiger partial charge in [-0.05, 0) is 54.7 Å². The summed E-state index contributed by atoms with van der Waals surface area (Å²) in [6, 6.07) is 4.07. The van der Waals surface area contributed by atoms with E-state index in [-0.39, 0.29) is 17.9 Å². The van der Waals surface area contributed by atoms with Crippen molar-refractivity contribution in [3.8, 4) is 0 Å². The maximum atomic E-state index is 13.2. The molecule has 0 aliphatic carbocycles. The number of benzene rings is 1. The molecule has 0 saturated carbocycles. The van der Waals surface area contributed by atoms with Crippen molar-refractivity contribution in [1.29, 1.82) is 0 Å². The molecule has 0 amide bonds. The van der Waals surface area contributed by atoms with Gasteiger partial charge in [0.25, 0.3) is 0 Å². The third-order valence-electron chi connectivity index (χ3n) is 5.12. The molecule has 160 valence electrons. The number of rotatable bonds is 4. The number of nitrogens with zero attached hydrogens (tertiary/aromatic N) is 1. The van der Waals surface area contributed by atoms with Crippen molar-refractivity contribution in [3.63, 3.8) is 0 Å². The van der Waals surface area contributed by atoms with Crippen LogP contribution in [0, 0.1) is 6.92 Å². The number of amidine groups is 1. The Morgan fingerprint density at radius 3 is 2.67 bits per heavy atom. The van der Waals surface area contributed by atoms with Gasteiger partial charge in [0, 0.05) is 17.5 Å². The van der Waals surface area contributed by atoms with E-state index in [0.29, 0.717) is 35.7 Å². The number of halogens is 3. The molecule has 2 aliphatic heterocycles. The highest BCUT2D eigenvalue weighted by atomic mass is 19.4. The van der Waals surface area contributed by atoms with Crippen molar-refractivity contribution in [3.05, 3.63) is 81.4 Å². The molecule has 0 radical (unpaired) electrons. The number of nitrogens with two attached hydrogens (primary N) is 2. The fourth-order valence-electron chi connectivity index (χ4n) is 3.42. The highest BCUT2D eigenvalue weighted by Gasteiger charge is 2.32. The van der Waals surface area contributed by atoms with E-state index in [1.807, 2.05) is 18.4 Å². The van der Waals surface area contributed by atoms with Crippen molar-refractivity contribution in [2.24, 2.45) is 16.5 Å². The first-order chi connectivity index (χ1) is 14.2. The standard InChI is InChI=1S/C22H25F3N4O/c1-13-16(4-3-5-19(13)22(23,24)25)11-29-21(27)18-10-17(12-28-20(18)14(2)26)15-6-8-30-9-7-15/h3-6,10,12,28H,7-9,11,26H2,1-2H3,(H2,27,29)/b20-14+. The first kappa shape index (κ1) is 21.7. The monoisotopic (exact) mass is 418 g/mol. The van der Waals surface area contributed by atoms with Crippen LogP contribution in [0.3, 0.4) is 0 Å². The topological polar surface area (TPSA) is 85.7 Å². The summed E-state index contributed by atoms with van der Waals surface area (Å²) in [6.07, 6.45) is 2.13. The van der Waals surface area contributed by atoms with Gasteiger partial charge in [-0.25, -0.2) is 0 Å². The van der Waals surface area contributed by atoms with Gasteiger partial charge in [-0.3, -0.25) is 4.99 Å². The van der Waals surface area contributed by atoms with Gasteiger partial charge in [0.1, 0.15) is 5.84 Å². The average molecular weight is 418 g/mol. The van der Waals surface area contributed by atoms with Crippen LogP contribution in [0.2, 0.25) is 0 Å². The van der Waals surface area contributed by atoms with Crippen LogP contribution in [0.1, 0.15) is 30.0 Å². The van der Waals surface area contributed by atoms with E-state index in [0.717, 1.165) is 23.6 Å². The zero-order chi connectivity index (χ0) is 21.9. The van der Waals surface area contributed by atoms with Gasteiger partial charge in [-0.15, -0.1) is 0 Å². The van der Waals surface area contributed by atoms with E-state index in [4.69, 9.17) is 16.2 Å². The van der Waals surface area contributed by atoms with Gasteiger partial charge in [0.15, 0.2) is 0 Å². The van der Waals surface area contributed by atoms with Crippen LogP contribution < -0.4 is 16.8 Å². The lowest BCUT2D eigenvalue weighted by atomic mass is 9.95. The van der Waals surface area contributed by atoms with Crippen molar-refractivity contribution >= 4 is 5.84 Å². The van der Waals surface area contributed by atoms with Gasteiger partial charge in [-0.1, -0.05) is 18.2 Å². The molecule has 0 atom stereocenters. The van der Waals surface area contributed by atoms with Crippen LogP contribution in [-0.4, -0.2) is 19.0 Å². The first-order valence-electron chi connectivity index (χ1n) is 9.56. The molecule has 5 N–H and O–H groups in total. The Morgan fingerprint density at radius 1 is 1.27 bits per heavy atom. The Morgan fingerprint density at radius 2 is 2.03 bits per heavy atom. The van der Waals surface area contributed by atoms with Crippen LogP contribution in [-0.2, 0) is 17.5 Å². The molecule has 5 nitrogen and oxygen atoms in total. The number of hydrogen-bond donors (Lipinski definition) is 3. The number of dihydropyridines is 1. The summed E-state index contributed by atoms with van der Waals surface area (Å²) in [6.45, 7) is 4.41. The number of allylic oxidation sites excluding steroid dienone is 3. The van der Waals surface area contributed by atoms with Gasteiger partial charge in [0.2, 0.25) is 0 Å². The minimum Gasteiger partial charge on any atom is -0.401 e. The molecule has 0 spiro atoms. The molecule has 0 bridgehead atoms. The summed E-state index contributed by atoms with van der Waals surface area (Å²) in [4.78, 5) is 4.37. The Hall–Kier alpha value is -3.00. The van der Waals surface area contributed by atoms with Crippen LogP contribution in [0.25, 0.3) is 0 Å². The fraction of sp³-hybridized carbons (Fsp3) is 0.318. The van der Waals surface area contributed by atoms with Gasteiger partial charge >= 0.3 is 6.18 Å². The largest absolute Gasteiger partial charge is 0.416 e. The fourth-order valence-corrected chi connectivity index (χ4v) is 3.42. The molecular weight excluding hydrogens is 393 g/mol. The summed E-state index contributed by atoms with van der Waals surface area (Å²) >= 11 is 0. The van der Waals surface area contributed by atoms with Crippen molar-refractivity contribution in [1.82, 2.24) is 5.32 Å². The summed E-state index contributed by atoms with van der Waals surface area (Å²) in [5, 5.41) is 3.17. The molecule has 2 heterocycles. The second-order valence-electron chi connectivity index (χ2n) is 7.20. The summed E-state index contributed by atoms with van der Waals surface area (Å²) < 4.78 is 44.8. The molecule has 1 aromatic rings. The normalized spacial score (nSPS) is 19.5. The second kappa shape index (κ2) is 8.79. The van der Waals surface area contributed by atoms with Crippen LogP contribution >= 0.6 is 0 Å².